The van der Waals surface area contributed by atoms with Crippen LogP contribution in [0.4, 0.5) is 17.7 Å². The summed E-state index contributed by atoms with van der Waals surface area (Å²) < 4.78 is 13.3. The molecule has 62 heavy (non-hydrogen) atoms. The van der Waals surface area contributed by atoms with Crippen molar-refractivity contribution in [2.75, 3.05) is 30.0 Å². The van der Waals surface area contributed by atoms with E-state index in [0.717, 1.165) is 36.8 Å². The Morgan fingerprint density at radius 3 is 1.52 bits per heavy atom. The molecule has 2 aromatic heterocycles. The number of guanidine groups is 2. The largest absolute Gasteiger partial charge is 0.423 e. The number of carbonyl (C=O) groups is 2. The van der Waals surface area contributed by atoms with Gasteiger partial charge in [0.2, 0.25) is 11.9 Å². The third kappa shape index (κ3) is 9.16. The van der Waals surface area contributed by atoms with Crippen molar-refractivity contribution in [2.45, 2.75) is 25.9 Å². The Morgan fingerprint density at radius 2 is 1.03 bits per heavy atom. The van der Waals surface area contributed by atoms with Crippen molar-refractivity contribution in [3.8, 4) is 0 Å². The number of aliphatic imine (C=N–C) groups is 2. The van der Waals surface area contributed by atoms with Crippen molar-refractivity contribution < 1.29 is 18.4 Å². The summed E-state index contributed by atoms with van der Waals surface area (Å²) in [5.41, 5.74) is 7.85. The topological polar surface area (TPSA) is 174 Å². The number of oxazole rings is 2. The monoisotopic (exact) mass is 954 g/mol. The summed E-state index contributed by atoms with van der Waals surface area (Å²) in [5.74, 6) is 0.582. The van der Waals surface area contributed by atoms with E-state index >= 15 is 0 Å². The first-order valence-electron chi connectivity index (χ1n) is 19.5. The molecular weight excluding hydrogens is 916 g/mol. The molecule has 312 valence electrons. The number of hydrogen-bond acceptors (Lipinski definition) is 12. The van der Waals surface area contributed by atoms with Gasteiger partial charge in [-0.15, -0.1) is 0 Å². The number of fused-ring (bicyclic) bond motifs is 2. The van der Waals surface area contributed by atoms with Gasteiger partial charge in [0.15, 0.2) is 11.2 Å². The Morgan fingerprint density at radius 1 is 0.597 bits per heavy atom. The minimum atomic E-state index is -0.544. The second kappa shape index (κ2) is 18.3. The normalized spacial score (nSPS) is 16.0. The summed E-state index contributed by atoms with van der Waals surface area (Å²) in [6.45, 7) is 3.72. The van der Waals surface area contributed by atoms with Crippen molar-refractivity contribution in [2.24, 2.45) is 9.98 Å². The minimum absolute atomic E-state index is 0.0968. The predicted molar refractivity (Wildman–Crippen MR) is 249 cm³/mol. The number of amides is 2. The molecule has 5 aromatic carbocycles. The van der Waals surface area contributed by atoms with Gasteiger partial charge in [0.05, 0.1) is 11.1 Å². The van der Waals surface area contributed by atoms with E-state index in [1.165, 1.54) is 0 Å². The molecule has 0 aliphatic carbocycles. The Balaban J connectivity index is 0.000000172. The van der Waals surface area contributed by atoms with Crippen LogP contribution in [-0.2, 0) is 9.59 Å². The zero-order chi connectivity index (χ0) is 43.3. The highest BCUT2D eigenvalue weighted by atomic mass is 79.9. The fourth-order valence-electron chi connectivity index (χ4n) is 6.91. The molecule has 0 radical (unpaired) electrons. The summed E-state index contributed by atoms with van der Waals surface area (Å²) in [6, 6.07) is 39.5. The van der Waals surface area contributed by atoms with Crippen LogP contribution in [0, 0.1) is 0 Å². The van der Waals surface area contributed by atoms with Crippen LogP contribution in [0.1, 0.15) is 37.1 Å². The Hall–Kier alpha value is -7.04. The van der Waals surface area contributed by atoms with Crippen LogP contribution >= 0.6 is 31.9 Å². The molecule has 2 unspecified atom stereocenters. The number of likely N-dealkylation sites (N-methyl/N-ethyl adjacent to an activating group) is 1. The van der Waals surface area contributed by atoms with Crippen molar-refractivity contribution >= 4 is 95.5 Å². The molecule has 0 bridgehead atoms. The van der Waals surface area contributed by atoms with E-state index in [9.17, 15) is 9.59 Å². The van der Waals surface area contributed by atoms with E-state index in [1.54, 1.807) is 19.0 Å². The lowest BCUT2D eigenvalue weighted by atomic mass is 9.95. The lowest BCUT2D eigenvalue weighted by Gasteiger charge is -2.28. The van der Waals surface area contributed by atoms with Crippen LogP contribution < -0.4 is 26.6 Å². The SMILES string of the molecule is CC1=C(C(=O)N(C)C)C(c2ccccc2Br)N=C(Nc2nc3ccccc3o2)N1.CC1=C(C(=O)Nc2ccccc2)C(c2ccccc2Br)N=C(Nc2nc3ccccc3o2)N1. The summed E-state index contributed by atoms with van der Waals surface area (Å²) in [6.07, 6.45) is 0. The number of aromatic nitrogens is 2. The average Bonchev–Trinajstić information content (AvgIpc) is 3.87. The van der Waals surface area contributed by atoms with Gasteiger partial charge in [-0.2, -0.15) is 9.97 Å². The van der Waals surface area contributed by atoms with Crippen LogP contribution in [0.15, 0.2) is 178 Å². The third-order valence-electron chi connectivity index (χ3n) is 9.83. The van der Waals surface area contributed by atoms with Gasteiger partial charge in [-0.05, 0) is 73.5 Å². The number of allylic oxidation sites excluding steroid dienone is 2. The Labute approximate surface area is 373 Å². The van der Waals surface area contributed by atoms with E-state index in [-0.39, 0.29) is 11.8 Å². The van der Waals surface area contributed by atoms with Gasteiger partial charge in [0.1, 0.15) is 23.1 Å². The van der Waals surface area contributed by atoms with Crippen molar-refractivity contribution in [3.63, 3.8) is 0 Å². The summed E-state index contributed by atoms with van der Waals surface area (Å²) in [7, 11) is 3.46. The third-order valence-corrected chi connectivity index (χ3v) is 11.3. The molecule has 14 nitrogen and oxygen atoms in total. The second-order valence-corrected chi connectivity index (χ2v) is 16.1. The smallest absolute Gasteiger partial charge is 0.302 e. The van der Waals surface area contributed by atoms with E-state index in [0.29, 0.717) is 57.6 Å². The maximum Gasteiger partial charge on any atom is 0.302 e. The van der Waals surface area contributed by atoms with Gasteiger partial charge in [0, 0.05) is 40.1 Å². The van der Waals surface area contributed by atoms with E-state index in [2.05, 4.69) is 68.4 Å². The first kappa shape index (κ1) is 41.7. The zero-order valence-electron chi connectivity index (χ0n) is 33.9. The number of para-hydroxylation sites is 5. The number of halogens is 2. The van der Waals surface area contributed by atoms with E-state index in [4.69, 9.17) is 18.8 Å². The molecule has 2 aliphatic heterocycles. The lowest BCUT2D eigenvalue weighted by Crippen LogP contribution is -2.38. The van der Waals surface area contributed by atoms with Crippen LogP contribution in [-0.4, -0.2) is 52.7 Å². The second-order valence-electron chi connectivity index (χ2n) is 14.4. The van der Waals surface area contributed by atoms with Gasteiger partial charge in [-0.25, -0.2) is 9.98 Å². The molecule has 0 spiro atoms. The molecular formula is C46H40Br2N10O4. The highest BCUT2D eigenvalue weighted by Gasteiger charge is 2.33. The molecule has 5 N–H and O–H groups in total. The number of nitrogens with one attached hydrogen (secondary N) is 5. The molecule has 0 saturated heterocycles. The molecule has 4 heterocycles. The zero-order valence-corrected chi connectivity index (χ0v) is 37.1. The first-order valence-corrected chi connectivity index (χ1v) is 21.0. The molecule has 7 aromatic rings. The van der Waals surface area contributed by atoms with Gasteiger partial charge in [-0.3, -0.25) is 20.2 Å². The highest BCUT2D eigenvalue weighted by Crippen LogP contribution is 2.37. The number of benzene rings is 5. The van der Waals surface area contributed by atoms with Crippen LogP contribution in [0.3, 0.4) is 0 Å². The molecule has 16 heteroatoms. The Bertz CT molecular complexity index is 2870. The van der Waals surface area contributed by atoms with E-state index < -0.39 is 12.1 Å². The summed E-state index contributed by atoms with van der Waals surface area (Å²) in [5, 5.41) is 15.5. The average molecular weight is 957 g/mol. The van der Waals surface area contributed by atoms with Crippen molar-refractivity contribution in [3.05, 3.63) is 170 Å². The van der Waals surface area contributed by atoms with Crippen LogP contribution in [0.2, 0.25) is 0 Å². The fraction of sp³-hybridized carbons (Fsp3) is 0.130. The van der Waals surface area contributed by atoms with Gasteiger partial charge in [0.25, 0.3) is 11.8 Å². The maximum atomic E-state index is 13.3. The predicted octanol–water partition coefficient (Wildman–Crippen LogP) is 9.68. The van der Waals surface area contributed by atoms with Crippen molar-refractivity contribution in [1.82, 2.24) is 25.5 Å². The standard InChI is InChI=1S/C25H20BrN5O2.C21H20BrN5O2/c1-15-21(23(32)28-16-9-3-2-4-10-16)22(17-11-5-6-12-18(17)26)30-24(27-15)31-25-29-19-13-7-8-14-20(19)33-25;1-12-17(19(28)27(2)3)18(13-8-4-5-9-14(13)22)25-20(23-12)26-21-24-15-10-6-7-11-16(15)29-21/h2-14,22H,1H3,(H,28,32)(H2,27,29,30,31);4-11,18H,1-3H3,(H2,23,24,25,26). The lowest BCUT2D eigenvalue weighted by molar-refractivity contribution is -0.125. The van der Waals surface area contributed by atoms with Crippen LogP contribution in [0.25, 0.3) is 22.2 Å². The van der Waals surface area contributed by atoms with Gasteiger partial charge in [-0.1, -0.05) is 111 Å². The molecule has 0 saturated carbocycles. The number of carbonyl (C=O) groups excluding carboxylic acids is 2. The summed E-state index contributed by atoms with van der Waals surface area (Å²) >= 11 is 7.20. The number of anilines is 3. The Kier molecular flexibility index (Phi) is 12.3. The fourth-order valence-corrected chi connectivity index (χ4v) is 7.91. The summed E-state index contributed by atoms with van der Waals surface area (Å²) in [4.78, 5) is 46.2. The van der Waals surface area contributed by atoms with Crippen molar-refractivity contribution in [1.29, 1.82) is 0 Å². The molecule has 2 aliphatic rings. The maximum absolute atomic E-state index is 13.3. The number of rotatable bonds is 7. The quantitative estimate of drug-likeness (QED) is 0.104. The molecule has 0 fully saturated rings. The minimum Gasteiger partial charge on any atom is -0.423 e. The molecule has 9 rings (SSSR count). The molecule has 2 atom stereocenters. The molecule has 2 amide bonds. The van der Waals surface area contributed by atoms with Crippen LogP contribution in [0.5, 0.6) is 0 Å². The number of hydrogen-bond donors (Lipinski definition) is 5. The van der Waals surface area contributed by atoms with Gasteiger partial charge >= 0.3 is 12.0 Å². The van der Waals surface area contributed by atoms with Gasteiger partial charge < -0.3 is 29.7 Å². The highest BCUT2D eigenvalue weighted by molar-refractivity contribution is 9.10. The first-order chi connectivity index (χ1) is 30.0. The number of nitrogens with zero attached hydrogens (tertiary/aromatic N) is 5. The van der Waals surface area contributed by atoms with E-state index in [1.807, 2.05) is 141 Å².